The molecule has 2 heterocycles. The minimum atomic E-state index is -0.195. The molecular weight excluding hydrogens is 290 g/mol. The maximum Gasteiger partial charge on any atom is 0.251 e. The molecule has 0 spiro atoms. The summed E-state index contributed by atoms with van der Waals surface area (Å²) in [6, 6.07) is 15.2. The van der Waals surface area contributed by atoms with Gasteiger partial charge in [0.15, 0.2) is 0 Å². The lowest BCUT2D eigenvalue weighted by atomic mass is 10.1. The lowest BCUT2D eigenvalue weighted by Gasteiger charge is -2.12. The number of ether oxygens (including phenoxy) is 1. The van der Waals surface area contributed by atoms with Gasteiger partial charge in [-0.15, -0.1) is 0 Å². The molecule has 4 rings (SSSR count). The minimum Gasteiger partial charge on any atom is -0.493 e. The topological polar surface area (TPSA) is 51.5 Å². The Labute approximate surface area is 134 Å². The Kier molecular flexibility index (Phi) is 3.30. The molecule has 0 fully saturated rings. The number of para-hydroxylation sites is 1. The Morgan fingerprint density at radius 2 is 2.04 bits per heavy atom. The molecule has 1 atom stereocenters. The Balaban J connectivity index is 1.53. The molecule has 0 radical (unpaired) electrons. The summed E-state index contributed by atoms with van der Waals surface area (Å²) >= 11 is 0. The summed E-state index contributed by atoms with van der Waals surface area (Å²) in [6.45, 7) is 2.61. The highest BCUT2D eigenvalue weighted by Gasteiger charge is 2.18. The SMILES string of the molecule is CC(NC(=O)c1ccc2c(c1)CCO2)c1cc2ccccc2o1. The van der Waals surface area contributed by atoms with E-state index < -0.39 is 0 Å². The Hall–Kier alpha value is -2.75. The summed E-state index contributed by atoms with van der Waals surface area (Å²) in [5, 5.41) is 4.03. The van der Waals surface area contributed by atoms with E-state index in [1.807, 2.05) is 49.4 Å². The first-order chi connectivity index (χ1) is 11.2. The average Bonchev–Trinajstić information content (AvgIpc) is 3.20. The van der Waals surface area contributed by atoms with Gasteiger partial charge < -0.3 is 14.5 Å². The van der Waals surface area contributed by atoms with Crippen LogP contribution in [-0.2, 0) is 6.42 Å². The molecule has 2 aromatic carbocycles. The molecule has 1 amide bonds. The van der Waals surface area contributed by atoms with E-state index in [9.17, 15) is 4.79 Å². The number of hydrogen-bond acceptors (Lipinski definition) is 3. The molecule has 0 bridgehead atoms. The van der Waals surface area contributed by atoms with Gasteiger partial charge in [-0.05, 0) is 42.8 Å². The first kappa shape index (κ1) is 13.9. The molecule has 1 aromatic heterocycles. The summed E-state index contributed by atoms with van der Waals surface area (Å²) in [5.41, 5.74) is 2.57. The molecule has 4 heteroatoms. The molecule has 23 heavy (non-hydrogen) atoms. The highest BCUT2D eigenvalue weighted by molar-refractivity contribution is 5.95. The average molecular weight is 307 g/mol. The van der Waals surface area contributed by atoms with Crippen LogP contribution in [0.3, 0.4) is 0 Å². The molecule has 3 aromatic rings. The third-order valence-corrected chi connectivity index (χ3v) is 4.17. The normalized spacial score (nSPS) is 14.3. The van der Waals surface area contributed by atoms with E-state index in [1.165, 1.54) is 0 Å². The number of fused-ring (bicyclic) bond motifs is 2. The van der Waals surface area contributed by atoms with Gasteiger partial charge in [0.25, 0.3) is 5.91 Å². The molecule has 0 saturated carbocycles. The minimum absolute atomic E-state index is 0.104. The zero-order valence-electron chi connectivity index (χ0n) is 12.8. The number of carbonyl (C=O) groups is 1. The van der Waals surface area contributed by atoms with Crippen molar-refractivity contribution in [2.45, 2.75) is 19.4 Å². The fourth-order valence-corrected chi connectivity index (χ4v) is 2.89. The molecule has 1 N–H and O–H groups in total. The second kappa shape index (κ2) is 5.47. The lowest BCUT2D eigenvalue weighted by molar-refractivity contribution is 0.0935. The van der Waals surface area contributed by atoms with Crippen molar-refractivity contribution in [2.75, 3.05) is 6.61 Å². The van der Waals surface area contributed by atoms with Gasteiger partial charge in [-0.3, -0.25) is 4.79 Å². The van der Waals surface area contributed by atoms with E-state index >= 15 is 0 Å². The summed E-state index contributed by atoms with van der Waals surface area (Å²) in [5.74, 6) is 1.53. The Bertz CT molecular complexity index is 848. The standard InChI is InChI=1S/C19H17NO3/c1-12(18-11-13-4-2-3-5-17(13)23-18)20-19(21)15-6-7-16-14(10-15)8-9-22-16/h2-7,10-12H,8-9H2,1H3,(H,20,21). The third-order valence-electron chi connectivity index (χ3n) is 4.17. The number of carbonyl (C=O) groups excluding carboxylic acids is 1. The maximum atomic E-state index is 12.4. The van der Waals surface area contributed by atoms with E-state index in [4.69, 9.17) is 9.15 Å². The van der Waals surface area contributed by atoms with Crippen LogP contribution in [0.15, 0.2) is 52.9 Å². The zero-order chi connectivity index (χ0) is 15.8. The van der Waals surface area contributed by atoms with Gasteiger partial charge in [-0.1, -0.05) is 18.2 Å². The number of amides is 1. The van der Waals surface area contributed by atoms with E-state index in [0.717, 1.165) is 34.5 Å². The zero-order valence-corrected chi connectivity index (χ0v) is 12.8. The van der Waals surface area contributed by atoms with Crippen LogP contribution in [-0.4, -0.2) is 12.5 Å². The van der Waals surface area contributed by atoms with E-state index in [2.05, 4.69) is 5.32 Å². The fraction of sp³-hybridized carbons (Fsp3) is 0.211. The predicted octanol–water partition coefficient (Wildman–Crippen LogP) is 3.86. The number of nitrogens with one attached hydrogen (secondary N) is 1. The van der Waals surface area contributed by atoms with Gasteiger partial charge in [0, 0.05) is 17.4 Å². The third kappa shape index (κ3) is 2.57. The second-order valence-corrected chi connectivity index (χ2v) is 5.80. The maximum absolute atomic E-state index is 12.4. The van der Waals surface area contributed by atoms with Gasteiger partial charge in [0.2, 0.25) is 0 Å². The van der Waals surface area contributed by atoms with Crippen LogP contribution in [0.25, 0.3) is 11.0 Å². The first-order valence-corrected chi connectivity index (χ1v) is 7.76. The van der Waals surface area contributed by atoms with Crippen LogP contribution in [0.5, 0.6) is 5.75 Å². The smallest absolute Gasteiger partial charge is 0.251 e. The van der Waals surface area contributed by atoms with Crippen LogP contribution < -0.4 is 10.1 Å². The van der Waals surface area contributed by atoms with Crippen molar-refractivity contribution >= 4 is 16.9 Å². The highest BCUT2D eigenvalue weighted by atomic mass is 16.5. The Morgan fingerprint density at radius 3 is 2.91 bits per heavy atom. The van der Waals surface area contributed by atoms with Gasteiger partial charge >= 0.3 is 0 Å². The molecule has 4 nitrogen and oxygen atoms in total. The monoisotopic (exact) mass is 307 g/mol. The van der Waals surface area contributed by atoms with E-state index in [-0.39, 0.29) is 11.9 Å². The van der Waals surface area contributed by atoms with Gasteiger partial charge in [-0.25, -0.2) is 0 Å². The van der Waals surface area contributed by atoms with Crippen LogP contribution in [0.2, 0.25) is 0 Å². The van der Waals surface area contributed by atoms with Crippen LogP contribution in [0, 0.1) is 0 Å². The van der Waals surface area contributed by atoms with Crippen molar-refractivity contribution in [1.82, 2.24) is 5.32 Å². The Morgan fingerprint density at radius 1 is 1.17 bits per heavy atom. The molecule has 116 valence electrons. The number of furan rings is 1. The summed E-state index contributed by atoms with van der Waals surface area (Å²) in [6.07, 6.45) is 0.857. The molecular formula is C19H17NO3. The quantitative estimate of drug-likeness (QED) is 0.799. The number of hydrogen-bond donors (Lipinski definition) is 1. The van der Waals surface area contributed by atoms with E-state index in [1.54, 1.807) is 6.07 Å². The number of benzene rings is 2. The fourth-order valence-electron chi connectivity index (χ4n) is 2.89. The molecule has 1 aliphatic heterocycles. The van der Waals surface area contributed by atoms with E-state index in [0.29, 0.717) is 12.2 Å². The van der Waals surface area contributed by atoms with Crippen molar-refractivity contribution in [2.24, 2.45) is 0 Å². The van der Waals surface area contributed by atoms with Crippen LogP contribution in [0.1, 0.15) is 34.6 Å². The van der Waals surface area contributed by atoms with Gasteiger partial charge in [0.1, 0.15) is 17.1 Å². The summed E-state index contributed by atoms with van der Waals surface area (Å²) in [7, 11) is 0. The van der Waals surface area contributed by atoms with Gasteiger partial charge in [-0.2, -0.15) is 0 Å². The summed E-state index contributed by atoms with van der Waals surface area (Å²) in [4.78, 5) is 12.4. The molecule has 1 aliphatic rings. The first-order valence-electron chi connectivity index (χ1n) is 7.76. The molecule has 0 saturated heterocycles. The van der Waals surface area contributed by atoms with Crippen LogP contribution in [0.4, 0.5) is 0 Å². The van der Waals surface area contributed by atoms with Crippen molar-refractivity contribution in [1.29, 1.82) is 0 Å². The van der Waals surface area contributed by atoms with Crippen molar-refractivity contribution < 1.29 is 13.9 Å². The second-order valence-electron chi connectivity index (χ2n) is 5.80. The largest absolute Gasteiger partial charge is 0.493 e. The highest BCUT2D eigenvalue weighted by Crippen LogP contribution is 2.27. The van der Waals surface area contributed by atoms with Crippen molar-refractivity contribution in [3.63, 3.8) is 0 Å². The van der Waals surface area contributed by atoms with Crippen LogP contribution >= 0.6 is 0 Å². The molecule has 0 aliphatic carbocycles. The number of rotatable bonds is 3. The van der Waals surface area contributed by atoms with Crippen molar-refractivity contribution in [3.8, 4) is 5.75 Å². The predicted molar refractivity (Wildman–Crippen MR) is 87.7 cm³/mol. The van der Waals surface area contributed by atoms with Crippen molar-refractivity contribution in [3.05, 3.63) is 65.4 Å². The molecule has 1 unspecified atom stereocenters. The lowest BCUT2D eigenvalue weighted by Crippen LogP contribution is -2.26. The van der Waals surface area contributed by atoms with Gasteiger partial charge in [0.05, 0.1) is 12.6 Å². The summed E-state index contributed by atoms with van der Waals surface area (Å²) < 4.78 is 11.3.